The smallest absolute Gasteiger partial charge is 0.256 e. The lowest BCUT2D eigenvalue weighted by molar-refractivity contribution is -0.142. The van der Waals surface area contributed by atoms with E-state index >= 15 is 0 Å². The number of pyridine rings is 2. The van der Waals surface area contributed by atoms with Crippen molar-refractivity contribution in [2.24, 2.45) is 0 Å². The van der Waals surface area contributed by atoms with Crippen LogP contribution in [0.5, 0.6) is 0 Å². The zero-order valence-electron chi connectivity index (χ0n) is 12.9. The van der Waals surface area contributed by atoms with Gasteiger partial charge in [-0.15, -0.1) is 0 Å². The molecule has 0 aliphatic heterocycles. The number of alkyl halides is 6. The SMILES string of the molecule is FC(F)(F)c1cc(C(F)(F)F)c(-c2ccccn2)cc1-c1ccccn1. The van der Waals surface area contributed by atoms with E-state index in [1.165, 1.54) is 48.8 Å². The molecule has 0 aliphatic carbocycles. The van der Waals surface area contributed by atoms with E-state index in [2.05, 4.69) is 9.97 Å². The molecule has 1 aromatic carbocycles. The summed E-state index contributed by atoms with van der Waals surface area (Å²) in [5, 5.41) is 0. The van der Waals surface area contributed by atoms with Gasteiger partial charge in [-0.1, -0.05) is 12.1 Å². The van der Waals surface area contributed by atoms with E-state index in [4.69, 9.17) is 0 Å². The Bertz CT molecular complexity index is 830. The minimum atomic E-state index is -4.98. The third-order valence-corrected chi connectivity index (χ3v) is 3.65. The maximum Gasteiger partial charge on any atom is 0.417 e. The molecule has 2 aromatic heterocycles. The largest absolute Gasteiger partial charge is 0.417 e. The summed E-state index contributed by atoms with van der Waals surface area (Å²) in [5.41, 5.74) is -3.83. The number of halogens is 6. The Morgan fingerprint density at radius 3 is 1.31 bits per heavy atom. The lowest BCUT2D eigenvalue weighted by Crippen LogP contribution is -2.14. The summed E-state index contributed by atoms with van der Waals surface area (Å²) >= 11 is 0. The molecule has 3 aromatic rings. The highest BCUT2D eigenvalue weighted by Crippen LogP contribution is 2.44. The van der Waals surface area contributed by atoms with Crippen molar-refractivity contribution in [2.45, 2.75) is 12.4 Å². The normalized spacial score (nSPS) is 12.2. The first-order valence-electron chi connectivity index (χ1n) is 7.33. The van der Waals surface area contributed by atoms with Crippen molar-refractivity contribution in [1.29, 1.82) is 0 Å². The van der Waals surface area contributed by atoms with E-state index in [1.807, 2.05) is 0 Å². The maximum atomic E-state index is 13.4. The molecule has 0 amide bonds. The second kappa shape index (κ2) is 6.44. The predicted molar refractivity (Wildman–Crippen MR) is 82.9 cm³/mol. The van der Waals surface area contributed by atoms with Gasteiger partial charge in [0.2, 0.25) is 0 Å². The van der Waals surface area contributed by atoms with Gasteiger partial charge in [0.05, 0.1) is 22.5 Å². The molecule has 2 heterocycles. The Hall–Kier alpha value is -2.90. The van der Waals surface area contributed by atoms with E-state index < -0.39 is 34.6 Å². The number of aromatic nitrogens is 2. The zero-order chi connectivity index (χ0) is 18.9. The summed E-state index contributed by atoms with van der Waals surface area (Å²) in [6.45, 7) is 0. The van der Waals surface area contributed by atoms with Crippen molar-refractivity contribution in [1.82, 2.24) is 9.97 Å². The third-order valence-electron chi connectivity index (χ3n) is 3.65. The van der Waals surface area contributed by atoms with E-state index in [-0.39, 0.29) is 17.5 Å². The summed E-state index contributed by atoms with van der Waals surface area (Å²) in [7, 11) is 0. The van der Waals surface area contributed by atoms with Crippen molar-refractivity contribution in [3.8, 4) is 22.5 Å². The van der Waals surface area contributed by atoms with Crippen LogP contribution in [-0.4, -0.2) is 9.97 Å². The Labute approximate surface area is 144 Å². The first-order valence-corrected chi connectivity index (χ1v) is 7.33. The molecule has 0 saturated heterocycles. The molecular formula is C18H10F6N2. The lowest BCUT2D eigenvalue weighted by Gasteiger charge is -2.19. The molecule has 0 aliphatic rings. The van der Waals surface area contributed by atoms with E-state index in [0.29, 0.717) is 0 Å². The molecule has 134 valence electrons. The molecule has 0 saturated carbocycles. The fourth-order valence-electron chi connectivity index (χ4n) is 2.54. The number of benzene rings is 1. The monoisotopic (exact) mass is 368 g/mol. The first kappa shape index (κ1) is 17.9. The zero-order valence-corrected chi connectivity index (χ0v) is 12.9. The first-order chi connectivity index (χ1) is 12.2. The van der Waals surface area contributed by atoms with Crippen LogP contribution in [0.3, 0.4) is 0 Å². The van der Waals surface area contributed by atoms with Crippen LogP contribution in [-0.2, 0) is 12.4 Å². The van der Waals surface area contributed by atoms with Crippen LogP contribution in [0.2, 0.25) is 0 Å². The Balaban J connectivity index is 2.37. The highest BCUT2D eigenvalue weighted by Gasteiger charge is 2.41. The van der Waals surface area contributed by atoms with Gasteiger partial charge in [0.15, 0.2) is 0 Å². The van der Waals surface area contributed by atoms with Crippen LogP contribution in [0.1, 0.15) is 11.1 Å². The highest BCUT2D eigenvalue weighted by molar-refractivity contribution is 5.76. The molecule has 0 atom stereocenters. The van der Waals surface area contributed by atoms with Crippen molar-refractivity contribution in [3.05, 3.63) is 72.1 Å². The van der Waals surface area contributed by atoms with Crippen molar-refractivity contribution in [3.63, 3.8) is 0 Å². The third kappa shape index (κ3) is 3.54. The Morgan fingerprint density at radius 1 is 0.577 bits per heavy atom. The van der Waals surface area contributed by atoms with Gasteiger partial charge in [-0.3, -0.25) is 9.97 Å². The predicted octanol–water partition coefficient (Wildman–Crippen LogP) is 5.85. The lowest BCUT2D eigenvalue weighted by atomic mass is 9.93. The van der Waals surface area contributed by atoms with E-state index in [0.717, 1.165) is 6.07 Å². The number of hydrogen-bond donors (Lipinski definition) is 0. The van der Waals surface area contributed by atoms with Crippen LogP contribution in [0.4, 0.5) is 26.3 Å². The highest BCUT2D eigenvalue weighted by atomic mass is 19.4. The summed E-state index contributed by atoms with van der Waals surface area (Å²) in [5.74, 6) is 0. The van der Waals surface area contributed by atoms with Gasteiger partial charge < -0.3 is 0 Å². The second-order valence-corrected chi connectivity index (χ2v) is 5.37. The van der Waals surface area contributed by atoms with E-state index in [1.54, 1.807) is 0 Å². The van der Waals surface area contributed by atoms with Gasteiger partial charge in [0, 0.05) is 23.5 Å². The average molecular weight is 368 g/mol. The quantitative estimate of drug-likeness (QED) is 0.531. The van der Waals surface area contributed by atoms with Crippen LogP contribution in [0.15, 0.2) is 60.9 Å². The standard InChI is InChI=1S/C18H10F6N2/c19-17(20,21)13-10-14(18(22,23)24)12(16-6-2-4-8-26-16)9-11(13)15-5-1-3-7-25-15/h1-10H. The van der Waals surface area contributed by atoms with Crippen LogP contribution < -0.4 is 0 Å². The molecular weight excluding hydrogens is 358 g/mol. The van der Waals surface area contributed by atoms with Gasteiger partial charge in [0.1, 0.15) is 0 Å². The molecule has 0 bridgehead atoms. The minimum absolute atomic E-state index is 0.0780. The minimum Gasteiger partial charge on any atom is -0.256 e. The van der Waals surface area contributed by atoms with Gasteiger partial charge in [-0.2, -0.15) is 26.3 Å². The molecule has 0 unspecified atom stereocenters. The Morgan fingerprint density at radius 2 is 1.00 bits per heavy atom. The fourth-order valence-corrected chi connectivity index (χ4v) is 2.54. The summed E-state index contributed by atoms with van der Waals surface area (Å²) in [6.07, 6.45) is -7.41. The molecule has 8 heteroatoms. The van der Waals surface area contributed by atoms with Crippen LogP contribution in [0, 0.1) is 0 Å². The molecule has 0 spiro atoms. The average Bonchev–Trinajstić information content (AvgIpc) is 2.60. The van der Waals surface area contributed by atoms with Crippen molar-refractivity contribution in [2.75, 3.05) is 0 Å². The number of rotatable bonds is 2. The van der Waals surface area contributed by atoms with Crippen molar-refractivity contribution < 1.29 is 26.3 Å². The summed E-state index contributed by atoms with van der Waals surface area (Å²) in [6, 6.07) is 9.49. The molecule has 0 N–H and O–H groups in total. The number of hydrogen-bond acceptors (Lipinski definition) is 2. The molecule has 0 fully saturated rings. The summed E-state index contributed by atoms with van der Waals surface area (Å²) < 4.78 is 80.6. The number of nitrogens with zero attached hydrogens (tertiary/aromatic N) is 2. The molecule has 26 heavy (non-hydrogen) atoms. The second-order valence-electron chi connectivity index (χ2n) is 5.37. The van der Waals surface area contributed by atoms with Crippen LogP contribution >= 0.6 is 0 Å². The van der Waals surface area contributed by atoms with Crippen LogP contribution in [0.25, 0.3) is 22.5 Å². The molecule has 2 nitrogen and oxygen atoms in total. The van der Waals surface area contributed by atoms with Crippen molar-refractivity contribution >= 4 is 0 Å². The van der Waals surface area contributed by atoms with Gasteiger partial charge in [-0.05, 0) is 36.4 Å². The van der Waals surface area contributed by atoms with Gasteiger partial charge in [0.25, 0.3) is 0 Å². The maximum absolute atomic E-state index is 13.4. The fraction of sp³-hybridized carbons (Fsp3) is 0.111. The molecule has 0 radical (unpaired) electrons. The van der Waals surface area contributed by atoms with Gasteiger partial charge in [-0.25, -0.2) is 0 Å². The Kier molecular flexibility index (Phi) is 4.43. The molecule has 3 rings (SSSR count). The topological polar surface area (TPSA) is 25.8 Å². The van der Waals surface area contributed by atoms with Gasteiger partial charge >= 0.3 is 12.4 Å². The van der Waals surface area contributed by atoms with E-state index in [9.17, 15) is 26.3 Å². The summed E-state index contributed by atoms with van der Waals surface area (Å²) in [4.78, 5) is 7.70.